The topological polar surface area (TPSA) is 43.4 Å². The Hall–Kier alpha value is -2.42. The Bertz CT molecular complexity index is 523. The summed E-state index contributed by atoms with van der Waals surface area (Å²) in [5.74, 6) is 0.836. The summed E-state index contributed by atoms with van der Waals surface area (Å²) >= 11 is 0. The van der Waals surface area contributed by atoms with Crippen LogP contribution in [0.1, 0.15) is 34.6 Å². The van der Waals surface area contributed by atoms with Crippen LogP contribution in [-0.2, 0) is 14.3 Å². The van der Waals surface area contributed by atoms with Gasteiger partial charge >= 0.3 is 0 Å². The molecule has 3 heteroatoms. The minimum Gasteiger partial charge on any atom is -0.501 e. The molecule has 0 aromatic carbocycles. The number of aldehydes is 2. The summed E-state index contributed by atoms with van der Waals surface area (Å²) in [5.41, 5.74) is 2.69. The normalized spacial score (nSPS) is 12.7. The van der Waals surface area contributed by atoms with E-state index in [0.717, 1.165) is 23.9 Å². The van der Waals surface area contributed by atoms with Gasteiger partial charge in [0, 0.05) is 0 Å². The first kappa shape index (κ1) is 22.9. The maximum absolute atomic E-state index is 10.1. The van der Waals surface area contributed by atoms with Crippen LogP contribution in [0.5, 0.6) is 0 Å². The van der Waals surface area contributed by atoms with Gasteiger partial charge in [0.15, 0.2) is 0 Å². The number of ether oxygens (including phenoxy) is 1. The number of carbonyl (C=O) groups is 2. The molecule has 0 unspecified atom stereocenters. The molecule has 0 saturated carbocycles. The highest BCUT2D eigenvalue weighted by Gasteiger charge is 1.79. The second kappa shape index (κ2) is 16.0. The zero-order chi connectivity index (χ0) is 18.1. The van der Waals surface area contributed by atoms with Gasteiger partial charge in [-0.05, 0) is 51.8 Å². The number of hydrogen-bond acceptors (Lipinski definition) is 3. The molecule has 0 fully saturated rings. The number of hydrogen-bond donors (Lipinski definition) is 0. The molecule has 0 atom stereocenters. The van der Waals surface area contributed by atoms with Crippen LogP contribution in [-0.4, -0.2) is 19.7 Å². The van der Waals surface area contributed by atoms with Crippen LogP contribution in [0.4, 0.5) is 0 Å². The highest BCUT2D eigenvalue weighted by atomic mass is 16.5. The monoisotopic (exact) mass is 316 g/mol. The molecule has 0 aliphatic rings. The Morgan fingerprint density at radius 2 is 1.04 bits per heavy atom. The molecule has 23 heavy (non-hydrogen) atoms. The van der Waals surface area contributed by atoms with E-state index in [2.05, 4.69) is 0 Å². The fourth-order valence-corrected chi connectivity index (χ4v) is 1.00. The van der Waals surface area contributed by atoms with Crippen molar-refractivity contribution in [1.29, 1.82) is 0 Å². The van der Waals surface area contributed by atoms with E-state index >= 15 is 0 Å². The molecular formula is C20H28O3. The predicted molar refractivity (Wildman–Crippen MR) is 98.1 cm³/mol. The average molecular weight is 316 g/mol. The van der Waals surface area contributed by atoms with Gasteiger partial charge in [-0.25, -0.2) is 0 Å². The lowest BCUT2D eigenvalue weighted by molar-refractivity contribution is -0.105. The maximum atomic E-state index is 10.1. The minimum absolute atomic E-state index is 0.703. The fourth-order valence-electron chi connectivity index (χ4n) is 1.00. The lowest BCUT2D eigenvalue weighted by Gasteiger charge is -1.93. The number of rotatable bonds is 7. The van der Waals surface area contributed by atoms with Crippen LogP contribution >= 0.6 is 0 Å². The quantitative estimate of drug-likeness (QED) is 0.291. The zero-order valence-corrected chi connectivity index (χ0v) is 15.0. The van der Waals surface area contributed by atoms with E-state index in [-0.39, 0.29) is 0 Å². The van der Waals surface area contributed by atoms with Crippen LogP contribution < -0.4 is 0 Å². The molecule has 0 saturated heterocycles. The Kier molecular flexibility index (Phi) is 15.9. The van der Waals surface area contributed by atoms with Gasteiger partial charge in [0.05, 0.1) is 12.9 Å². The zero-order valence-electron chi connectivity index (χ0n) is 15.0. The molecule has 126 valence electrons. The molecular weight excluding hydrogens is 288 g/mol. The van der Waals surface area contributed by atoms with E-state index in [4.69, 9.17) is 4.74 Å². The lowest BCUT2D eigenvalue weighted by atomic mass is 10.2. The third-order valence-electron chi connectivity index (χ3n) is 2.39. The lowest BCUT2D eigenvalue weighted by Crippen LogP contribution is -1.76. The largest absolute Gasteiger partial charge is 0.501 e. The van der Waals surface area contributed by atoms with E-state index in [1.807, 2.05) is 51.2 Å². The molecule has 0 aromatic rings. The van der Waals surface area contributed by atoms with Crippen LogP contribution in [0.25, 0.3) is 0 Å². The van der Waals surface area contributed by atoms with E-state index in [1.165, 1.54) is 5.57 Å². The van der Waals surface area contributed by atoms with Gasteiger partial charge in [-0.15, -0.1) is 0 Å². The summed E-state index contributed by atoms with van der Waals surface area (Å²) in [6, 6.07) is 0. The van der Waals surface area contributed by atoms with Crippen LogP contribution in [0.2, 0.25) is 0 Å². The first-order valence-corrected chi connectivity index (χ1v) is 7.32. The number of methoxy groups -OCH3 is 1. The smallest absolute Gasteiger partial charge is 0.145 e. The van der Waals surface area contributed by atoms with Gasteiger partial charge in [0.2, 0.25) is 0 Å². The van der Waals surface area contributed by atoms with Crippen molar-refractivity contribution in [2.75, 3.05) is 7.11 Å². The first-order valence-electron chi connectivity index (χ1n) is 7.32. The minimum atomic E-state index is 0.703. The van der Waals surface area contributed by atoms with Crippen molar-refractivity contribution >= 4 is 12.6 Å². The molecule has 0 spiro atoms. The summed E-state index contributed by atoms with van der Waals surface area (Å²) in [4.78, 5) is 20.3. The molecule has 0 aliphatic carbocycles. The molecule has 0 bridgehead atoms. The van der Waals surface area contributed by atoms with Crippen LogP contribution in [0.3, 0.4) is 0 Å². The summed E-state index contributed by atoms with van der Waals surface area (Å²) in [7, 11) is 1.62. The van der Waals surface area contributed by atoms with Gasteiger partial charge in [0.25, 0.3) is 0 Å². The third-order valence-corrected chi connectivity index (χ3v) is 2.39. The second-order valence-corrected chi connectivity index (χ2v) is 5.05. The van der Waals surface area contributed by atoms with E-state index < -0.39 is 0 Å². The Morgan fingerprint density at radius 1 is 0.652 bits per heavy atom. The second-order valence-electron chi connectivity index (χ2n) is 5.05. The molecule has 0 N–H and O–H groups in total. The van der Waals surface area contributed by atoms with E-state index in [9.17, 15) is 9.59 Å². The van der Waals surface area contributed by atoms with Crippen molar-refractivity contribution in [2.45, 2.75) is 34.6 Å². The van der Waals surface area contributed by atoms with Gasteiger partial charge < -0.3 is 4.74 Å². The number of allylic oxidation sites excluding steroid dienone is 12. The van der Waals surface area contributed by atoms with Crippen LogP contribution in [0, 0.1) is 0 Å². The maximum Gasteiger partial charge on any atom is 0.145 e. The average Bonchev–Trinajstić information content (AvgIpc) is 2.55. The Morgan fingerprint density at radius 3 is 1.39 bits per heavy atom. The molecule has 0 aromatic heterocycles. The molecule has 0 heterocycles. The Balaban J connectivity index is 0. The van der Waals surface area contributed by atoms with E-state index in [0.29, 0.717) is 5.57 Å². The molecule has 0 rings (SSSR count). The predicted octanol–water partition coefficient (Wildman–Crippen LogP) is 4.89. The highest BCUT2D eigenvalue weighted by molar-refractivity contribution is 5.73. The Labute approximate surface area is 140 Å². The molecule has 0 amide bonds. The highest BCUT2D eigenvalue weighted by Crippen LogP contribution is 1.94. The summed E-state index contributed by atoms with van der Waals surface area (Å²) in [6.07, 6.45) is 16.4. The van der Waals surface area contributed by atoms with Gasteiger partial charge in [-0.3, -0.25) is 9.59 Å². The summed E-state index contributed by atoms with van der Waals surface area (Å²) < 4.78 is 4.90. The van der Waals surface area contributed by atoms with E-state index in [1.54, 1.807) is 39.2 Å². The van der Waals surface area contributed by atoms with Crippen molar-refractivity contribution < 1.29 is 14.3 Å². The first-order chi connectivity index (χ1) is 10.9. The van der Waals surface area contributed by atoms with Crippen molar-refractivity contribution in [2.24, 2.45) is 0 Å². The van der Waals surface area contributed by atoms with Crippen molar-refractivity contribution in [1.82, 2.24) is 0 Å². The van der Waals surface area contributed by atoms with Crippen LogP contribution in [0.15, 0.2) is 71.1 Å². The standard InChI is InChI=1S/C10H14O2.C10H14O/c1-9(8-11)6-4-5-7-10(2)12-3;1-9(2)6-4-5-7-10(3)8-11/h4-8H,1-3H3;4-8H,1-3H3/b5-4+,9-6-,10-7+;5-4+,10-7-. The summed E-state index contributed by atoms with van der Waals surface area (Å²) in [5, 5.41) is 0. The fraction of sp³-hybridized carbons (Fsp3) is 0.300. The number of carbonyl (C=O) groups excluding carboxylic acids is 2. The summed E-state index contributed by atoms with van der Waals surface area (Å²) in [6.45, 7) is 9.45. The van der Waals surface area contributed by atoms with Gasteiger partial charge in [-0.1, -0.05) is 48.1 Å². The molecule has 3 nitrogen and oxygen atoms in total. The molecule has 0 aliphatic heterocycles. The SMILES string of the molecule is CC(C)=C/C=C/C=C(/C)C=O.CO/C(C)=C/C=C/C=C(/C)C=O. The van der Waals surface area contributed by atoms with Gasteiger partial charge in [-0.2, -0.15) is 0 Å². The van der Waals surface area contributed by atoms with Crippen molar-refractivity contribution in [3.05, 3.63) is 71.1 Å². The van der Waals surface area contributed by atoms with Gasteiger partial charge in [0.1, 0.15) is 12.6 Å². The molecule has 0 radical (unpaired) electrons. The van der Waals surface area contributed by atoms with Crippen molar-refractivity contribution in [3.63, 3.8) is 0 Å². The third kappa shape index (κ3) is 19.6. The van der Waals surface area contributed by atoms with Crippen molar-refractivity contribution in [3.8, 4) is 0 Å².